The van der Waals surface area contributed by atoms with Gasteiger partial charge in [-0.05, 0) is 57.2 Å². The van der Waals surface area contributed by atoms with Gasteiger partial charge < -0.3 is 9.30 Å². The Morgan fingerprint density at radius 2 is 2.00 bits per heavy atom. The number of hydrogen-bond donors (Lipinski definition) is 0. The molecule has 1 aliphatic rings. The lowest BCUT2D eigenvalue weighted by atomic mass is 9.92. The van der Waals surface area contributed by atoms with Crippen LogP contribution in [0.1, 0.15) is 49.5 Å². The van der Waals surface area contributed by atoms with E-state index in [9.17, 15) is 0 Å². The van der Waals surface area contributed by atoms with E-state index in [-0.39, 0.29) is 5.38 Å². The molecule has 0 bridgehead atoms. The van der Waals surface area contributed by atoms with Crippen molar-refractivity contribution in [1.82, 2.24) is 9.55 Å². The summed E-state index contributed by atoms with van der Waals surface area (Å²) in [5.74, 6) is 1.61. The largest absolute Gasteiger partial charge is 0.381 e. The zero-order valence-corrected chi connectivity index (χ0v) is 13.7. The summed E-state index contributed by atoms with van der Waals surface area (Å²) >= 11 is 6.39. The quantitative estimate of drug-likeness (QED) is 0.773. The molecule has 3 rings (SSSR count). The van der Waals surface area contributed by atoms with Crippen molar-refractivity contribution in [3.8, 4) is 0 Å². The number of alkyl halides is 1. The smallest absolute Gasteiger partial charge is 0.127 e. The standard InChI is InChI=1S/C17H23ClN2O/c1-11-4-5-15-16(10-11)20(17(19-15)12(2)18)13(3)14-6-8-21-9-7-14/h4-5,10,12-14H,6-9H2,1-3H3. The van der Waals surface area contributed by atoms with E-state index in [4.69, 9.17) is 21.3 Å². The van der Waals surface area contributed by atoms with Crippen LogP contribution in [0.2, 0.25) is 0 Å². The number of aryl methyl sites for hydroxylation is 1. The highest BCUT2D eigenvalue weighted by Crippen LogP contribution is 2.34. The second kappa shape index (κ2) is 5.98. The summed E-state index contributed by atoms with van der Waals surface area (Å²) in [5, 5.41) is -0.0833. The van der Waals surface area contributed by atoms with E-state index in [0.29, 0.717) is 12.0 Å². The topological polar surface area (TPSA) is 27.1 Å². The number of aromatic nitrogens is 2. The van der Waals surface area contributed by atoms with Gasteiger partial charge in [-0.2, -0.15) is 0 Å². The Morgan fingerprint density at radius 1 is 1.29 bits per heavy atom. The average molecular weight is 307 g/mol. The molecular formula is C17H23ClN2O. The third-order valence-corrected chi connectivity index (χ3v) is 4.78. The third-order valence-electron chi connectivity index (χ3n) is 4.58. The van der Waals surface area contributed by atoms with Crippen molar-refractivity contribution in [3.63, 3.8) is 0 Å². The molecule has 3 nitrogen and oxygen atoms in total. The van der Waals surface area contributed by atoms with Gasteiger partial charge in [0, 0.05) is 19.3 Å². The molecule has 1 aliphatic heterocycles. The van der Waals surface area contributed by atoms with Crippen LogP contribution in [0, 0.1) is 12.8 Å². The minimum Gasteiger partial charge on any atom is -0.381 e. The van der Waals surface area contributed by atoms with Crippen LogP contribution < -0.4 is 0 Å². The van der Waals surface area contributed by atoms with Gasteiger partial charge in [-0.1, -0.05) is 6.07 Å². The summed E-state index contributed by atoms with van der Waals surface area (Å²) in [4.78, 5) is 4.77. The molecule has 2 aromatic rings. The van der Waals surface area contributed by atoms with Crippen molar-refractivity contribution in [1.29, 1.82) is 0 Å². The van der Waals surface area contributed by atoms with Gasteiger partial charge in [0.15, 0.2) is 0 Å². The van der Waals surface area contributed by atoms with E-state index in [1.54, 1.807) is 0 Å². The molecule has 2 unspecified atom stereocenters. The predicted molar refractivity (Wildman–Crippen MR) is 87.0 cm³/mol. The van der Waals surface area contributed by atoms with E-state index >= 15 is 0 Å². The highest BCUT2D eigenvalue weighted by molar-refractivity contribution is 6.20. The number of imidazole rings is 1. The van der Waals surface area contributed by atoms with Crippen LogP contribution in [0.4, 0.5) is 0 Å². The van der Waals surface area contributed by atoms with Crippen LogP contribution in [-0.4, -0.2) is 22.8 Å². The fourth-order valence-corrected chi connectivity index (χ4v) is 3.49. The molecular weight excluding hydrogens is 284 g/mol. The normalized spacial score (nSPS) is 19.8. The van der Waals surface area contributed by atoms with Crippen LogP contribution in [-0.2, 0) is 4.74 Å². The summed E-state index contributed by atoms with van der Waals surface area (Å²) in [6, 6.07) is 6.83. The maximum absolute atomic E-state index is 6.39. The van der Waals surface area contributed by atoms with Gasteiger partial charge in [0.05, 0.1) is 16.4 Å². The summed E-state index contributed by atoms with van der Waals surface area (Å²) in [6.45, 7) is 8.16. The summed E-state index contributed by atoms with van der Waals surface area (Å²) in [7, 11) is 0. The molecule has 0 radical (unpaired) electrons. The van der Waals surface area contributed by atoms with Crippen molar-refractivity contribution in [2.75, 3.05) is 13.2 Å². The first-order chi connectivity index (χ1) is 10.1. The Morgan fingerprint density at radius 3 is 2.67 bits per heavy atom. The van der Waals surface area contributed by atoms with Gasteiger partial charge in [-0.25, -0.2) is 4.98 Å². The Balaban J connectivity index is 2.09. The van der Waals surface area contributed by atoms with Crippen LogP contribution in [0.25, 0.3) is 11.0 Å². The molecule has 2 heterocycles. The van der Waals surface area contributed by atoms with Crippen molar-refractivity contribution < 1.29 is 4.74 Å². The van der Waals surface area contributed by atoms with Crippen LogP contribution in [0.15, 0.2) is 18.2 Å². The van der Waals surface area contributed by atoms with E-state index in [1.807, 2.05) is 6.92 Å². The van der Waals surface area contributed by atoms with Crippen LogP contribution >= 0.6 is 11.6 Å². The van der Waals surface area contributed by atoms with Crippen LogP contribution in [0.3, 0.4) is 0 Å². The summed E-state index contributed by atoms with van der Waals surface area (Å²) < 4.78 is 7.86. The third kappa shape index (κ3) is 2.82. The zero-order valence-electron chi connectivity index (χ0n) is 13.0. The number of ether oxygens (including phenoxy) is 1. The zero-order chi connectivity index (χ0) is 15.0. The van der Waals surface area contributed by atoms with Crippen molar-refractivity contribution in [3.05, 3.63) is 29.6 Å². The predicted octanol–water partition coefficient (Wildman–Crippen LogP) is 4.63. The molecule has 0 spiro atoms. The monoisotopic (exact) mass is 306 g/mol. The highest BCUT2D eigenvalue weighted by atomic mass is 35.5. The Hall–Kier alpha value is -1.06. The van der Waals surface area contributed by atoms with Crippen molar-refractivity contribution in [2.24, 2.45) is 5.92 Å². The first-order valence-electron chi connectivity index (χ1n) is 7.78. The van der Waals surface area contributed by atoms with Crippen LogP contribution in [0.5, 0.6) is 0 Å². The molecule has 0 N–H and O–H groups in total. The van der Waals surface area contributed by atoms with E-state index in [0.717, 1.165) is 37.4 Å². The molecule has 1 aromatic carbocycles. The Labute approximate surface area is 131 Å². The molecule has 1 aromatic heterocycles. The SMILES string of the molecule is Cc1ccc2nc(C(C)Cl)n(C(C)C3CCOCC3)c2c1. The fourth-order valence-electron chi connectivity index (χ4n) is 3.34. The summed E-state index contributed by atoms with van der Waals surface area (Å²) in [5.41, 5.74) is 3.51. The molecule has 21 heavy (non-hydrogen) atoms. The maximum Gasteiger partial charge on any atom is 0.127 e. The van der Waals surface area contributed by atoms with E-state index in [2.05, 4.69) is 36.6 Å². The number of benzene rings is 1. The van der Waals surface area contributed by atoms with Gasteiger partial charge in [-0.3, -0.25) is 0 Å². The van der Waals surface area contributed by atoms with Gasteiger partial charge in [0.1, 0.15) is 5.82 Å². The van der Waals surface area contributed by atoms with Gasteiger partial charge in [0.25, 0.3) is 0 Å². The minimum atomic E-state index is -0.0833. The lowest BCUT2D eigenvalue weighted by Crippen LogP contribution is -2.25. The van der Waals surface area contributed by atoms with E-state index < -0.39 is 0 Å². The molecule has 114 valence electrons. The number of hydrogen-bond acceptors (Lipinski definition) is 2. The average Bonchev–Trinajstić information content (AvgIpc) is 2.86. The second-order valence-electron chi connectivity index (χ2n) is 6.14. The van der Waals surface area contributed by atoms with Gasteiger partial charge in [-0.15, -0.1) is 11.6 Å². The molecule has 2 atom stereocenters. The van der Waals surface area contributed by atoms with Gasteiger partial charge >= 0.3 is 0 Å². The molecule has 4 heteroatoms. The molecule has 0 aliphatic carbocycles. The van der Waals surface area contributed by atoms with E-state index in [1.165, 1.54) is 11.1 Å². The second-order valence-corrected chi connectivity index (χ2v) is 6.79. The maximum atomic E-state index is 6.39. The van der Waals surface area contributed by atoms with Gasteiger partial charge in [0.2, 0.25) is 0 Å². The lowest BCUT2D eigenvalue weighted by molar-refractivity contribution is 0.0515. The Kier molecular flexibility index (Phi) is 4.23. The molecule has 0 amide bonds. The highest BCUT2D eigenvalue weighted by Gasteiger charge is 2.26. The molecule has 1 saturated heterocycles. The number of nitrogens with zero attached hydrogens (tertiary/aromatic N) is 2. The molecule has 1 fully saturated rings. The number of rotatable bonds is 3. The van der Waals surface area contributed by atoms with Crippen molar-refractivity contribution in [2.45, 2.75) is 45.0 Å². The lowest BCUT2D eigenvalue weighted by Gasteiger charge is -2.30. The molecule has 0 saturated carbocycles. The fraction of sp³-hybridized carbons (Fsp3) is 0.588. The first-order valence-corrected chi connectivity index (χ1v) is 8.22. The Bertz CT molecular complexity index is 629. The number of fused-ring (bicyclic) bond motifs is 1. The first kappa shape index (κ1) is 14.9. The number of halogens is 1. The summed E-state index contributed by atoms with van der Waals surface area (Å²) in [6.07, 6.45) is 2.23. The minimum absolute atomic E-state index is 0.0833. The van der Waals surface area contributed by atoms with Crippen molar-refractivity contribution >= 4 is 22.6 Å².